The van der Waals surface area contributed by atoms with Crippen molar-refractivity contribution >= 4 is 5.78 Å². The molecule has 3 fully saturated rings. The predicted molar refractivity (Wildman–Crippen MR) is 77.7 cm³/mol. The molecule has 0 radical (unpaired) electrons. The average molecular weight is 280 g/mol. The van der Waals surface area contributed by atoms with Crippen LogP contribution < -0.4 is 0 Å². The zero-order valence-electron chi connectivity index (χ0n) is 12.6. The second kappa shape index (κ2) is 6.57. The van der Waals surface area contributed by atoms with Gasteiger partial charge in [-0.05, 0) is 44.9 Å². The van der Waals surface area contributed by atoms with Gasteiger partial charge < -0.3 is 9.47 Å². The van der Waals surface area contributed by atoms with E-state index in [-0.39, 0.29) is 11.5 Å². The first-order chi connectivity index (χ1) is 9.77. The van der Waals surface area contributed by atoms with E-state index in [9.17, 15) is 4.79 Å². The second-order valence-electron chi connectivity index (χ2n) is 6.92. The van der Waals surface area contributed by atoms with E-state index in [1.165, 1.54) is 38.5 Å². The lowest BCUT2D eigenvalue weighted by Crippen LogP contribution is -2.43. The first-order valence-electron chi connectivity index (χ1n) is 8.56. The molecule has 0 bridgehead atoms. The topological polar surface area (TPSA) is 35.5 Å². The molecule has 1 saturated carbocycles. The molecule has 3 rings (SSSR count). The molecule has 2 aliphatic heterocycles. The molecule has 2 saturated heterocycles. The molecule has 0 N–H and O–H groups in total. The highest BCUT2D eigenvalue weighted by molar-refractivity contribution is 5.81. The number of hydrogen-bond acceptors (Lipinski definition) is 3. The van der Waals surface area contributed by atoms with E-state index in [0.717, 1.165) is 38.9 Å². The predicted octanol–water partition coefficient (Wildman–Crippen LogP) is 3.64. The lowest BCUT2D eigenvalue weighted by molar-refractivity contribution is -0.143. The maximum Gasteiger partial charge on any atom is 0.136 e. The first-order valence-corrected chi connectivity index (χ1v) is 8.56. The summed E-state index contributed by atoms with van der Waals surface area (Å²) in [4.78, 5) is 12.5. The number of Topliss-reactive ketones (excluding diaryl/α,β-unsaturated/α-hetero) is 1. The Bertz CT molecular complexity index is 322. The van der Waals surface area contributed by atoms with E-state index in [2.05, 4.69) is 0 Å². The molecular weight excluding hydrogens is 252 g/mol. The van der Waals surface area contributed by atoms with Gasteiger partial charge in [0.25, 0.3) is 0 Å². The van der Waals surface area contributed by atoms with Gasteiger partial charge in [-0.3, -0.25) is 4.79 Å². The summed E-state index contributed by atoms with van der Waals surface area (Å²) >= 11 is 0. The van der Waals surface area contributed by atoms with Gasteiger partial charge in [-0.25, -0.2) is 0 Å². The molecule has 20 heavy (non-hydrogen) atoms. The van der Waals surface area contributed by atoms with Crippen molar-refractivity contribution in [1.82, 2.24) is 0 Å². The van der Waals surface area contributed by atoms with Crippen molar-refractivity contribution in [3.8, 4) is 0 Å². The van der Waals surface area contributed by atoms with Crippen LogP contribution in [0.25, 0.3) is 0 Å². The molecular formula is C17H28O3. The second-order valence-corrected chi connectivity index (χ2v) is 6.92. The molecule has 0 aromatic heterocycles. The summed E-state index contributed by atoms with van der Waals surface area (Å²) in [5.41, 5.74) is 0.0562. The Kier molecular flexibility index (Phi) is 4.77. The molecule has 3 nitrogen and oxygen atoms in total. The molecule has 0 amide bonds. The van der Waals surface area contributed by atoms with Crippen LogP contribution >= 0.6 is 0 Å². The molecule has 1 spiro atoms. The molecule has 114 valence electrons. The lowest BCUT2D eigenvalue weighted by Gasteiger charge is -2.43. The van der Waals surface area contributed by atoms with Gasteiger partial charge in [0.2, 0.25) is 0 Å². The minimum atomic E-state index is 0.0562. The molecule has 2 atom stereocenters. The third-order valence-electron chi connectivity index (χ3n) is 5.45. The van der Waals surface area contributed by atoms with Crippen LogP contribution in [0, 0.1) is 5.92 Å². The van der Waals surface area contributed by atoms with Gasteiger partial charge in [-0.1, -0.05) is 19.3 Å². The van der Waals surface area contributed by atoms with Crippen molar-refractivity contribution in [1.29, 1.82) is 0 Å². The minimum Gasteiger partial charge on any atom is -0.378 e. The van der Waals surface area contributed by atoms with Crippen molar-refractivity contribution in [3.05, 3.63) is 0 Å². The number of carbonyl (C=O) groups excluding carboxylic acids is 1. The van der Waals surface area contributed by atoms with Gasteiger partial charge in [0, 0.05) is 25.6 Å². The quantitative estimate of drug-likeness (QED) is 0.788. The van der Waals surface area contributed by atoms with Crippen LogP contribution in [0.2, 0.25) is 0 Å². The van der Waals surface area contributed by atoms with Crippen molar-refractivity contribution in [2.75, 3.05) is 13.2 Å². The Hall–Kier alpha value is -0.410. The van der Waals surface area contributed by atoms with E-state index in [1.807, 2.05) is 0 Å². The molecule has 0 aromatic carbocycles. The smallest absolute Gasteiger partial charge is 0.136 e. The Morgan fingerprint density at radius 3 is 2.65 bits per heavy atom. The summed E-state index contributed by atoms with van der Waals surface area (Å²) in [6.45, 7) is 1.68. The molecule has 1 aliphatic carbocycles. The zero-order chi connectivity index (χ0) is 13.8. The summed E-state index contributed by atoms with van der Waals surface area (Å²) in [7, 11) is 0. The molecule has 2 heterocycles. The Morgan fingerprint density at radius 2 is 1.90 bits per heavy atom. The summed E-state index contributed by atoms with van der Waals surface area (Å²) < 4.78 is 11.7. The van der Waals surface area contributed by atoms with Gasteiger partial charge in [-0.2, -0.15) is 0 Å². The van der Waals surface area contributed by atoms with Gasteiger partial charge in [0.15, 0.2) is 0 Å². The van der Waals surface area contributed by atoms with Gasteiger partial charge in [0.05, 0.1) is 11.7 Å². The first kappa shape index (κ1) is 14.5. The number of ether oxygens (including phenoxy) is 2. The SMILES string of the molecule is O=C(CCC1CCCO1)C1CCOC2(CCCCC2)C1. The fraction of sp³-hybridized carbons (Fsp3) is 0.941. The third-order valence-corrected chi connectivity index (χ3v) is 5.45. The zero-order valence-corrected chi connectivity index (χ0v) is 12.6. The van der Waals surface area contributed by atoms with Crippen molar-refractivity contribution in [2.24, 2.45) is 5.92 Å². The maximum atomic E-state index is 12.5. The van der Waals surface area contributed by atoms with Crippen LogP contribution in [-0.4, -0.2) is 30.7 Å². The maximum absolute atomic E-state index is 12.5. The normalized spacial score (nSPS) is 33.4. The molecule has 2 unspecified atom stereocenters. The van der Waals surface area contributed by atoms with Gasteiger partial charge >= 0.3 is 0 Å². The number of hydrogen-bond donors (Lipinski definition) is 0. The van der Waals surface area contributed by atoms with Crippen LogP contribution in [-0.2, 0) is 14.3 Å². The standard InChI is InChI=1S/C17H28O3/c18-16(7-6-15-5-4-11-19-15)14-8-12-20-17(13-14)9-2-1-3-10-17/h14-15H,1-13H2. The summed E-state index contributed by atoms with van der Waals surface area (Å²) in [6.07, 6.45) is 12.5. The Morgan fingerprint density at radius 1 is 1.05 bits per heavy atom. The van der Waals surface area contributed by atoms with E-state index in [0.29, 0.717) is 18.3 Å². The van der Waals surface area contributed by atoms with Crippen molar-refractivity contribution in [2.45, 2.75) is 82.3 Å². The highest BCUT2D eigenvalue weighted by Crippen LogP contribution is 2.41. The lowest BCUT2D eigenvalue weighted by atomic mass is 9.74. The highest BCUT2D eigenvalue weighted by atomic mass is 16.5. The average Bonchev–Trinajstić information content (AvgIpc) is 2.99. The number of rotatable bonds is 4. The largest absolute Gasteiger partial charge is 0.378 e. The summed E-state index contributed by atoms with van der Waals surface area (Å²) in [5, 5.41) is 0. The van der Waals surface area contributed by atoms with Crippen LogP contribution in [0.1, 0.15) is 70.6 Å². The fourth-order valence-electron chi connectivity index (χ4n) is 4.23. The van der Waals surface area contributed by atoms with E-state index in [4.69, 9.17) is 9.47 Å². The minimum absolute atomic E-state index is 0.0562. The fourth-order valence-corrected chi connectivity index (χ4v) is 4.23. The van der Waals surface area contributed by atoms with E-state index in [1.54, 1.807) is 0 Å². The Labute approximate surface area is 122 Å². The van der Waals surface area contributed by atoms with Crippen LogP contribution in [0.5, 0.6) is 0 Å². The molecule has 3 aliphatic rings. The Balaban J connectivity index is 1.49. The highest BCUT2D eigenvalue weighted by Gasteiger charge is 2.40. The number of ketones is 1. The summed E-state index contributed by atoms with van der Waals surface area (Å²) in [6, 6.07) is 0. The monoisotopic (exact) mass is 280 g/mol. The molecule has 3 heteroatoms. The van der Waals surface area contributed by atoms with Crippen LogP contribution in [0.3, 0.4) is 0 Å². The van der Waals surface area contributed by atoms with Gasteiger partial charge in [0.1, 0.15) is 5.78 Å². The van der Waals surface area contributed by atoms with Crippen molar-refractivity contribution in [3.63, 3.8) is 0 Å². The summed E-state index contributed by atoms with van der Waals surface area (Å²) in [5.74, 6) is 0.719. The number of carbonyl (C=O) groups is 1. The molecule has 0 aromatic rings. The third kappa shape index (κ3) is 3.43. The van der Waals surface area contributed by atoms with Crippen LogP contribution in [0.4, 0.5) is 0 Å². The van der Waals surface area contributed by atoms with Crippen LogP contribution in [0.15, 0.2) is 0 Å². The van der Waals surface area contributed by atoms with E-state index < -0.39 is 0 Å². The van der Waals surface area contributed by atoms with E-state index >= 15 is 0 Å². The van der Waals surface area contributed by atoms with Gasteiger partial charge in [-0.15, -0.1) is 0 Å². The van der Waals surface area contributed by atoms with Crippen molar-refractivity contribution < 1.29 is 14.3 Å².